The van der Waals surface area contributed by atoms with Crippen molar-refractivity contribution in [1.29, 1.82) is 0 Å². The van der Waals surface area contributed by atoms with Gasteiger partial charge >= 0.3 is 0 Å². The van der Waals surface area contributed by atoms with E-state index in [0.717, 1.165) is 0 Å². The van der Waals surface area contributed by atoms with Crippen molar-refractivity contribution in [1.82, 2.24) is 4.72 Å². The van der Waals surface area contributed by atoms with Crippen LogP contribution in [0.2, 0.25) is 0 Å². The summed E-state index contributed by atoms with van der Waals surface area (Å²) in [5.41, 5.74) is 5.60. The number of anilines is 1. The molecule has 0 aliphatic carbocycles. The van der Waals surface area contributed by atoms with E-state index in [1.165, 1.54) is 6.07 Å². The molecule has 1 heterocycles. The number of rotatable bonds is 5. The molecule has 0 saturated carbocycles. The zero-order valence-corrected chi connectivity index (χ0v) is 13.1. The first-order chi connectivity index (χ1) is 9.78. The monoisotopic (exact) mass is 314 g/mol. The van der Waals surface area contributed by atoms with Crippen LogP contribution in [0.3, 0.4) is 0 Å². The average Bonchev–Trinajstić information content (AvgIpc) is 2.77. The van der Waals surface area contributed by atoms with E-state index in [2.05, 4.69) is 4.72 Å². The summed E-state index contributed by atoms with van der Waals surface area (Å²) >= 11 is 0. The third-order valence-corrected chi connectivity index (χ3v) is 5.47. The zero-order chi connectivity index (χ0) is 15.7. The lowest BCUT2D eigenvalue weighted by Gasteiger charge is -2.26. The fourth-order valence-corrected chi connectivity index (χ4v) is 3.86. The van der Waals surface area contributed by atoms with Gasteiger partial charge in [-0.05, 0) is 31.0 Å². The van der Waals surface area contributed by atoms with Gasteiger partial charge in [-0.15, -0.1) is 0 Å². The van der Waals surface area contributed by atoms with Gasteiger partial charge in [0, 0.05) is 25.3 Å². The highest BCUT2D eigenvalue weighted by Gasteiger charge is 2.40. The summed E-state index contributed by atoms with van der Waals surface area (Å²) in [6.07, 6.45) is 0.598. The van der Waals surface area contributed by atoms with E-state index in [-0.39, 0.29) is 11.4 Å². The average molecular weight is 314 g/mol. The summed E-state index contributed by atoms with van der Waals surface area (Å²) in [7, 11) is -3.72. The number of nitrogens with two attached hydrogens (primary N) is 1. The number of sulfonamides is 1. The van der Waals surface area contributed by atoms with Gasteiger partial charge in [0.05, 0.1) is 11.0 Å². The van der Waals surface area contributed by atoms with Gasteiger partial charge in [-0.1, -0.05) is 13.0 Å². The minimum atomic E-state index is -3.72. The van der Waals surface area contributed by atoms with E-state index in [0.29, 0.717) is 30.7 Å². The minimum Gasteiger partial charge on any atom is -0.399 e. The molecule has 1 aliphatic rings. The lowest BCUT2D eigenvalue weighted by Crippen LogP contribution is -2.47. The summed E-state index contributed by atoms with van der Waals surface area (Å²) in [4.78, 5) is 0.167. The molecular formula is C14H22N2O4S. The molecule has 1 aliphatic heterocycles. The van der Waals surface area contributed by atoms with Gasteiger partial charge in [0.25, 0.3) is 0 Å². The number of hydrogen-bond acceptors (Lipinski definition) is 5. The molecule has 2 rings (SSSR count). The second kappa shape index (κ2) is 5.92. The molecule has 6 nitrogen and oxygen atoms in total. The van der Waals surface area contributed by atoms with Gasteiger partial charge in [0.15, 0.2) is 0 Å². The van der Waals surface area contributed by atoms with Crippen LogP contribution in [0.5, 0.6) is 0 Å². The molecule has 118 valence electrons. The van der Waals surface area contributed by atoms with Gasteiger partial charge in [-0.2, -0.15) is 0 Å². The number of nitrogens with one attached hydrogen (secondary N) is 1. The van der Waals surface area contributed by atoms with Crippen LogP contribution in [0.25, 0.3) is 0 Å². The second-order valence-corrected chi connectivity index (χ2v) is 7.15. The Balaban J connectivity index is 2.21. The van der Waals surface area contributed by atoms with Crippen molar-refractivity contribution in [2.45, 2.75) is 43.3 Å². The van der Waals surface area contributed by atoms with Crippen LogP contribution in [-0.2, 0) is 21.2 Å². The summed E-state index contributed by atoms with van der Waals surface area (Å²) in [6, 6.07) is 4.83. The first-order valence-electron chi connectivity index (χ1n) is 7.00. The van der Waals surface area contributed by atoms with E-state index >= 15 is 0 Å². The van der Waals surface area contributed by atoms with Crippen LogP contribution in [0.4, 0.5) is 5.69 Å². The minimum absolute atomic E-state index is 0.0749. The molecule has 0 spiro atoms. The molecule has 1 aromatic carbocycles. The number of aliphatic hydroxyl groups is 1. The van der Waals surface area contributed by atoms with E-state index in [4.69, 9.17) is 10.5 Å². The van der Waals surface area contributed by atoms with Crippen molar-refractivity contribution >= 4 is 15.7 Å². The van der Waals surface area contributed by atoms with Crippen molar-refractivity contribution < 1.29 is 18.3 Å². The molecule has 1 saturated heterocycles. The van der Waals surface area contributed by atoms with Crippen molar-refractivity contribution in [3.8, 4) is 0 Å². The molecular weight excluding hydrogens is 292 g/mol. The van der Waals surface area contributed by atoms with Crippen LogP contribution in [0.1, 0.15) is 25.8 Å². The SMILES string of the molecule is CCc1ccc(N)cc1S(=O)(=O)NCC1(O)CCOC1C. The summed E-state index contributed by atoms with van der Waals surface area (Å²) in [5, 5.41) is 10.4. The maximum atomic E-state index is 12.5. The smallest absolute Gasteiger partial charge is 0.241 e. The number of ether oxygens (including phenoxy) is 1. The molecule has 7 heteroatoms. The number of benzene rings is 1. The molecule has 2 atom stereocenters. The highest BCUT2D eigenvalue weighted by Crippen LogP contribution is 2.26. The Hall–Kier alpha value is -1.15. The molecule has 0 aromatic heterocycles. The zero-order valence-electron chi connectivity index (χ0n) is 12.3. The van der Waals surface area contributed by atoms with Crippen molar-refractivity contribution in [3.05, 3.63) is 23.8 Å². The van der Waals surface area contributed by atoms with E-state index in [1.807, 2.05) is 6.92 Å². The van der Waals surface area contributed by atoms with Crippen LogP contribution in [0.15, 0.2) is 23.1 Å². The highest BCUT2D eigenvalue weighted by molar-refractivity contribution is 7.89. The largest absolute Gasteiger partial charge is 0.399 e. The molecule has 0 radical (unpaired) electrons. The second-order valence-electron chi connectivity index (χ2n) is 5.41. The lowest BCUT2D eigenvalue weighted by atomic mass is 9.97. The van der Waals surface area contributed by atoms with Crippen molar-refractivity contribution in [2.24, 2.45) is 0 Å². The topological polar surface area (TPSA) is 102 Å². The highest BCUT2D eigenvalue weighted by atomic mass is 32.2. The van der Waals surface area contributed by atoms with E-state index in [1.54, 1.807) is 19.1 Å². The van der Waals surface area contributed by atoms with E-state index in [9.17, 15) is 13.5 Å². The Labute approximate surface area is 125 Å². The van der Waals surface area contributed by atoms with E-state index < -0.39 is 21.7 Å². The van der Waals surface area contributed by atoms with Crippen LogP contribution >= 0.6 is 0 Å². The van der Waals surface area contributed by atoms with Gasteiger partial charge in [0.2, 0.25) is 10.0 Å². The predicted molar refractivity (Wildman–Crippen MR) is 80.4 cm³/mol. The fourth-order valence-electron chi connectivity index (χ4n) is 2.41. The van der Waals surface area contributed by atoms with Crippen LogP contribution < -0.4 is 10.5 Å². The Bertz CT molecular complexity index is 617. The third-order valence-electron chi connectivity index (χ3n) is 3.99. The fraction of sp³-hybridized carbons (Fsp3) is 0.571. The first-order valence-corrected chi connectivity index (χ1v) is 8.49. The van der Waals surface area contributed by atoms with Gasteiger partial charge in [-0.3, -0.25) is 0 Å². The maximum absolute atomic E-state index is 12.5. The molecule has 4 N–H and O–H groups in total. The molecule has 2 unspecified atom stereocenters. The van der Waals surface area contributed by atoms with Gasteiger partial charge < -0.3 is 15.6 Å². The molecule has 1 aromatic rings. The number of nitrogen functional groups attached to an aromatic ring is 1. The Morgan fingerprint density at radius 3 is 2.81 bits per heavy atom. The van der Waals surface area contributed by atoms with Gasteiger partial charge in [0.1, 0.15) is 5.60 Å². The van der Waals surface area contributed by atoms with Crippen LogP contribution in [-0.4, -0.2) is 38.4 Å². The lowest BCUT2D eigenvalue weighted by molar-refractivity contribution is -0.0228. The van der Waals surface area contributed by atoms with Gasteiger partial charge in [-0.25, -0.2) is 13.1 Å². The molecule has 1 fully saturated rings. The predicted octanol–water partition coefficient (Wildman–Crippen LogP) is 0.649. The number of aryl methyl sites for hydroxylation is 1. The normalized spacial score (nSPS) is 26.1. The summed E-state index contributed by atoms with van der Waals surface area (Å²) in [6.45, 7) is 3.97. The summed E-state index contributed by atoms with van der Waals surface area (Å²) in [5.74, 6) is 0. The Morgan fingerprint density at radius 1 is 1.52 bits per heavy atom. The first kappa shape index (κ1) is 16.2. The Morgan fingerprint density at radius 2 is 2.24 bits per heavy atom. The third kappa shape index (κ3) is 3.37. The molecule has 21 heavy (non-hydrogen) atoms. The summed E-state index contributed by atoms with van der Waals surface area (Å²) < 4.78 is 32.7. The standard InChI is InChI=1S/C14H22N2O4S/c1-3-11-4-5-12(15)8-13(11)21(18,19)16-9-14(17)6-7-20-10(14)2/h4-5,8,10,16-17H,3,6-7,9,15H2,1-2H3. The van der Waals surface area contributed by atoms with Crippen molar-refractivity contribution in [3.63, 3.8) is 0 Å². The molecule has 0 bridgehead atoms. The van der Waals surface area contributed by atoms with Crippen molar-refractivity contribution in [2.75, 3.05) is 18.9 Å². The van der Waals surface area contributed by atoms with Crippen LogP contribution in [0, 0.1) is 0 Å². The molecule has 0 amide bonds. The number of hydrogen-bond donors (Lipinski definition) is 3. The maximum Gasteiger partial charge on any atom is 0.241 e. The Kier molecular flexibility index (Phi) is 4.57. The quantitative estimate of drug-likeness (QED) is 0.693.